The number of rotatable bonds is 6. The number of benzene rings is 2. The molecule has 0 aromatic heterocycles. The lowest BCUT2D eigenvalue weighted by Crippen LogP contribution is -2.01. The van der Waals surface area contributed by atoms with Gasteiger partial charge in [0.05, 0.1) is 11.4 Å². The van der Waals surface area contributed by atoms with Crippen molar-refractivity contribution in [1.82, 2.24) is 0 Å². The Hall–Kier alpha value is -2.76. The first-order valence-corrected chi connectivity index (χ1v) is 6.91. The third-order valence-electron chi connectivity index (χ3n) is 2.99. The summed E-state index contributed by atoms with van der Waals surface area (Å²) in [7, 11) is 0. The minimum absolute atomic E-state index is 0.209. The molecular formula is C17H16F2N2O2. The van der Waals surface area contributed by atoms with E-state index in [1.54, 1.807) is 38.1 Å². The van der Waals surface area contributed by atoms with Crippen LogP contribution in [-0.2, 0) is 9.68 Å². The van der Waals surface area contributed by atoms with Crippen LogP contribution in [0, 0.1) is 11.6 Å². The highest BCUT2D eigenvalue weighted by Gasteiger charge is 2.01. The Labute approximate surface area is 133 Å². The Morgan fingerprint density at radius 3 is 1.65 bits per heavy atom. The molecule has 0 aliphatic heterocycles. The largest absolute Gasteiger partial charge is 0.352 e. The second-order valence-corrected chi connectivity index (χ2v) is 4.75. The van der Waals surface area contributed by atoms with E-state index in [0.29, 0.717) is 22.6 Å². The predicted octanol–water partition coefficient (Wildman–Crippen LogP) is 4.10. The van der Waals surface area contributed by atoms with Crippen LogP contribution < -0.4 is 0 Å². The minimum atomic E-state index is -0.344. The summed E-state index contributed by atoms with van der Waals surface area (Å²) in [6, 6.07) is 12.0. The maximum atomic E-state index is 13.1. The lowest BCUT2D eigenvalue weighted by molar-refractivity contribution is -0.0505. The summed E-state index contributed by atoms with van der Waals surface area (Å²) in [4.78, 5) is 9.92. The molecule has 23 heavy (non-hydrogen) atoms. The fourth-order valence-corrected chi connectivity index (χ4v) is 1.80. The topological polar surface area (TPSA) is 43.2 Å². The molecule has 0 radical (unpaired) electrons. The summed E-state index contributed by atoms with van der Waals surface area (Å²) in [5, 5.41) is 7.63. The van der Waals surface area contributed by atoms with Crippen molar-refractivity contribution >= 4 is 11.4 Å². The Morgan fingerprint density at radius 1 is 0.826 bits per heavy atom. The maximum Gasteiger partial charge on any atom is 0.280 e. The smallest absolute Gasteiger partial charge is 0.280 e. The molecule has 0 aliphatic rings. The molecular weight excluding hydrogens is 302 g/mol. The zero-order chi connectivity index (χ0) is 16.7. The molecule has 4 nitrogen and oxygen atoms in total. The summed E-state index contributed by atoms with van der Waals surface area (Å²) in [5.74, 6) is -0.688. The van der Waals surface area contributed by atoms with Gasteiger partial charge in [0.2, 0.25) is 0 Å². The van der Waals surface area contributed by atoms with E-state index in [2.05, 4.69) is 10.3 Å². The SMILES string of the molecule is CC(=NOCON=C(C)c1cccc(F)c1)c1cccc(F)c1. The van der Waals surface area contributed by atoms with Crippen molar-refractivity contribution in [2.24, 2.45) is 10.3 Å². The number of hydrogen-bond acceptors (Lipinski definition) is 4. The number of nitrogens with zero attached hydrogens (tertiary/aromatic N) is 2. The van der Waals surface area contributed by atoms with Crippen LogP contribution in [0.25, 0.3) is 0 Å². The van der Waals surface area contributed by atoms with E-state index in [0.717, 1.165) is 0 Å². The third-order valence-corrected chi connectivity index (χ3v) is 2.99. The maximum absolute atomic E-state index is 13.1. The van der Waals surface area contributed by atoms with Gasteiger partial charge in [-0.15, -0.1) is 0 Å². The van der Waals surface area contributed by atoms with Gasteiger partial charge >= 0.3 is 0 Å². The second-order valence-electron chi connectivity index (χ2n) is 4.75. The van der Waals surface area contributed by atoms with E-state index in [9.17, 15) is 8.78 Å². The van der Waals surface area contributed by atoms with E-state index >= 15 is 0 Å². The van der Waals surface area contributed by atoms with Gasteiger partial charge in [-0.05, 0) is 38.1 Å². The first-order chi connectivity index (χ1) is 11.1. The van der Waals surface area contributed by atoms with Gasteiger partial charge in [0.15, 0.2) is 0 Å². The molecule has 0 spiro atoms. The van der Waals surface area contributed by atoms with E-state index in [1.807, 2.05) is 0 Å². The third kappa shape index (κ3) is 5.18. The van der Waals surface area contributed by atoms with Gasteiger partial charge in [-0.1, -0.05) is 34.6 Å². The predicted molar refractivity (Wildman–Crippen MR) is 84.3 cm³/mol. The molecule has 0 unspecified atom stereocenters. The molecule has 0 N–H and O–H groups in total. The minimum Gasteiger partial charge on any atom is -0.352 e. The molecule has 0 atom stereocenters. The molecule has 0 saturated carbocycles. The van der Waals surface area contributed by atoms with Gasteiger partial charge in [0, 0.05) is 11.1 Å². The molecule has 2 rings (SSSR count). The van der Waals surface area contributed by atoms with Gasteiger partial charge in [0.1, 0.15) is 11.6 Å². The summed E-state index contributed by atoms with van der Waals surface area (Å²) in [6.45, 7) is 3.17. The van der Waals surface area contributed by atoms with Crippen LogP contribution in [0.5, 0.6) is 0 Å². The summed E-state index contributed by atoms with van der Waals surface area (Å²) in [5.41, 5.74) is 2.26. The molecule has 0 saturated heterocycles. The summed E-state index contributed by atoms with van der Waals surface area (Å²) < 4.78 is 26.2. The molecule has 0 amide bonds. The number of hydrogen-bond donors (Lipinski definition) is 0. The highest BCUT2D eigenvalue weighted by atomic mass is 19.1. The quantitative estimate of drug-likeness (QED) is 0.348. The first kappa shape index (κ1) is 16.6. The molecule has 2 aromatic carbocycles. The van der Waals surface area contributed by atoms with Crippen molar-refractivity contribution in [3.05, 3.63) is 71.3 Å². The molecule has 0 fully saturated rings. The van der Waals surface area contributed by atoms with E-state index in [4.69, 9.17) is 9.68 Å². The molecule has 120 valence electrons. The fraction of sp³-hybridized carbons (Fsp3) is 0.176. The fourth-order valence-electron chi connectivity index (χ4n) is 1.80. The van der Waals surface area contributed by atoms with Crippen molar-refractivity contribution in [1.29, 1.82) is 0 Å². The van der Waals surface area contributed by atoms with Crippen LogP contribution in [0.2, 0.25) is 0 Å². The highest BCUT2D eigenvalue weighted by Crippen LogP contribution is 2.06. The van der Waals surface area contributed by atoms with Crippen LogP contribution in [0.1, 0.15) is 25.0 Å². The zero-order valence-electron chi connectivity index (χ0n) is 12.8. The van der Waals surface area contributed by atoms with Crippen LogP contribution in [-0.4, -0.2) is 18.2 Å². The first-order valence-electron chi connectivity index (χ1n) is 6.91. The molecule has 0 bridgehead atoms. The van der Waals surface area contributed by atoms with Crippen molar-refractivity contribution in [3.8, 4) is 0 Å². The second kappa shape index (κ2) is 8.03. The molecule has 0 heterocycles. The average molecular weight is 318 g/mol. The van der Waals surface area contributed by atoms with Crippen LogP contribution in [0.15, 0.2) is 58.8 Å². The van der Waals surface area contributed by atoms with E-state index in [1.165, 1.54) is 24.3 Å². The number of oxime groups is 2. The van der Waals surface area contributed by atoms with E-state index < -0.39 is 0 Å². The normalized spacial score (nSPS) is 12.2. The zero-order valence-corrected chi connectivity index (χ0v) is 12.8. The van der Waals surface area contributed by atoms with Gasteiger partial charge in [-0.2, -0.15) is 0 Å². The standard InChI is InChI=1S/C17H16F2N2O2/c1-12(14-5-3-7-16(18)9-14)20-22-11-23-21-13(2)15-6-4-8-17(19)10-15/h3-10H,11H2,1-2H3. The molecule has 0 aliphatic carbocycles. The van der Waals surface area contributed by atoms with Gasteiger partial charge in [-0.3, -0.25) is 0 Å². The highest BCUT2D eigenvalue weighted by molar-refractivity contribution is 5.98. The Bertz CT molecular complexity index is 669. The summed E-state index contributed by atoms with van der Waals surface area (Å²) in [6.07, 6.45) is 0. The van der Waals surface area contributed by atoms with Crippen molar-refractivity contribution < 1.29 is 18.5 Å². The van der Waals surface area contributed by atoms with Crippen molar-refractivity contribution in [3.63, 3.8) is 0 Å². The lowest BCUT2D eigenvalue weighted by Gasteiger charge is -2.03. The van der Waals surface area contributed by atoms with Crippen LogP contribution in [0.4, 0.5) is 8.78 Å². The Morgan fingerprint density at radius 2 is 1.26 bits per heavy atom. The Balaban J connectivity index is 1.85. The monoisotopic (exact) mass is 318 g/mol. The van der Waals surface area contributed by atoms with Gasteiger partial charge in [0.25, 0.3) is 6.79 Å². The Kier molecular flexibility index (Phi) is 5.80. The van der Waals surface area contributed by atoms with Crippen LogP contribution >= 0.6 is 0 Å². The van der Waals surface area contributed by atoms with Gasteiger partial charge in [-0.25, -0.2) is 8.78 Å². The molecule has 6 heteroatoms. The van der Waals surface area contributed by atoms with E-state index in [-0.39, 0.29) is 18.4 Å². The average Bonchev–Trinajstić information content (AvgIpc) is 2.54. The van der Waals surface area contributed by atoms with Gasteiger partial charge < -0.3 is 9.68 Å². The van der Waals surface area contributed by atoms with Crippen molar-refractivity contribution in [2.75, 3.05) is 6.79 Å². The van der Waals surface area contributed by atoms with Crippen molar-refractivity contribution in [2.45, 2.75) is 13.8 Å². The number of halogens is 2. The summed E-state index contributed by atoms with van der Waals surface area (Å²) >= 11 is 0. The van der Waals surface area contributed by atoms with Crippen LogP contribution in [0.3, 0.4) is 0 Å². The molecule has 2 aromatic rings. The lowest BCUT2D eigenvalue weighted by atomic mass is 10.1.